The molecular weight excluding hydrogens is 202 g/mol. The number of fused-ring (bicyclic) bond motifs is 1. The number of hydrogen-bond acceptors (Lipinski definition) is 3. The average molecular weight is 221 g/mol. The van der Waals surface area contributed by atoms with Gasteiger partial charge in [0, 0.05) is 12.6 Å². The molecular formula is C13H19NO2. The largest absolute Gasteiger partial charge is 0.486 e. The van der Waals surface area contributed by atoms with Crippen molar-refractivity contribution in [3.8, 4) is 11.5 Å². The number of rotatable bonds is 3. The molecule has 2 rings (SSSR count). The highest BCUT2D eigenvalue weighted by Crippen LogP contribution is 2.31. The van der Waals surface area contributed by atoms with Crippen LogP contribution in [0.1, 0.15) is 19.4 Å². The molecule has 0 fully saturated rings. The van der Waals surface area contributed by atoms with Crippen LogP contribution in [0.4, 0.5) is 0 Å². The highest BCUT2D eigenvalue weighted by atomic mass is 16.6. The normalized spacial score (nSPS) is 14.6. The lowest BCUT2D eigenvalue weighted by molar-refractivity contribution is 0.171. The summed E-state index contributed by atoms with van der Waals surface area (Å²) in [5.41, 5.74) is 1.26. The summed E-state index contributed by atoms with van der Waals surface area (Å²) in [6.07, 6.45) is 0. The maximum atomic E-state index is 5.56. The lowest BCUT2D eigenvalue weighted by Gasteiger charge is -2.23. The molecule has 0 saturated heterocycles. The second-order valence-corrected chi connectivity index (χ2v) is 4.49. The van der Waals surface area contributed by atoms with Gasteiger partial charge in [-0.3, -0.25) is 4.90 Å². The van der Waals surface area contributed by atoms with Crippen LogP contribution in [-0.2, 0) is 6.54 Å². The van der Waals surface area contributed by atoms with Crippen LogP contribution in [0.15, 0.2) is 18.2 Å². The zero-order valence-corrected chi connectivity index (χ0v) is 10.2. The monoisotopic (exact) mass is 221 g/mol. The van der Waals surface area contributed by atoms with Crippen LogP contribution < -0.4 is 9.47 Å². The molecule has 3 nitrogen and oxygen atoms in total. The highest BCUT2D eigenvalue weighted by Gasteiger charge is 2.12. The van der Waals surface area contributed by atoms with Crippen molar-refractivity contribution >= 4 is 0 Å². The van der Waals surface area contributed by atoms with Crippen molar-refractivity contribution in [2.24, 2.45) is 0 Å². The van der Waals surface area contributed by atoms with E-state index in [2.05, 4.69) is 37.9 Å². The van der Waals surface area contributed by atoms with Gasteiger partial charge in [0.25, 0.3) is 0 Å². The molecule has 0 N–H and O–H groups in total. The van der Waals surface area contributed by atoms with Crippen molar-refractivity contribution in [1.29, 1.82) is 0 Å². The second kappa shape index (κ2) is 4.74. The first-order valence-electron chi connectivity index (χ1n) is 5.75. The van der Waals surface area contributed by atoms with E-state index in [1.165, 1.54) is 5.56 Å². The molecule has 3 heteroatoms. The zero-order valence-electron chi connectivity index (χ0n) is 10.2. The summed E-state index contributed by atoms with van der Waals surface area (Å²) in [5, 5.41) is 0. The molecule has 1 aromatic rings. The van der Waals surface area contributed by atoms with Crippen LogP contribution >= 0.6 is 0 Å². The molecule has 1 aliphatic rings. The molecule has 1 heterocycles. The van der Waals surface area contributed by atoms with Gasteiger partial charge in [0.15, 0.2) is 11.5 Å². The molecule has 0 atom stereocenters. The van der Waals surface area contributed by atoms with Crippen LogP contribution in [0.25, 0.3) is 0 Å². The first-order chi connectivity index (χ1) is 7.66. The quantitative estimate of drug-likeness (QED) is 0.781. The van der Waals surface area contributed by atoms with Gasteiger partial charge in [-0.15, -0.1) is 0 Å². The van der Waals surface area contributed by atoms with Crippen LogP contribution in [0.3, 0.4) is 0 Å². The van der Waals surface area contributed by atoms with Gasteiger partial charge in [-0.25, -0.2) is 0 Å². The Morgan fingerprint density at radius 3 is 2.56 bits per heavy atom. The van der Waals surface area contributed by atoms with Gasteiger partial charge >= 0.3 is 0 Å². The van der Waals surface area contributed by atoms with E-state index in [9.17, 15) is 0 Å². The Hall–Kier alpha value is -1.22. The standard InChI is InChI=1S/C13H19NO2/c1-10(2)14(3)9-11-4-5-12-13(8-11)16-7-6-15-12/h4-5,8,10H,6-7,9H2,1-3H3. The van der Waals surface area contributed by atoms with E-state index in [1.54, 1.807) is 0 Å². The number of nitrogens with zero attached hydrogens (tertiary/aromatic N) is 1. The van der Waals surface area contributed by atoms with Crippen molar-refractivity contribution in [2.45, 2.75) is 26.4 Å². The first-order valence-corrected chi connectivity index (χ1v) is 5.75. The molecule has 0 bridgehead atoms. The fourth-order valence-corrected chi connectivity index (χ4v) is 1.66. The van der Waals surface area contributed by atoms with Crippen molar-refractivity contribution < 1.29 is 9.47 Å². The smallest absolute Gasteiger partial charge is 0.161 e. The number of benzene rings is 1. The summed E-state index contributed by atoms with van der Waals surface area (Å²) < 4.78 is 11.1. The minimum atomic E-state index is 0.549. The molecule has 0 aromatic heterocycles. The van der Waals surface area contributed by atoms with Crippen LogP contribution in [0.5, 0.6) is 11.5 Å². The highest BCUT2D eigenvalue weighted by molar-refractivity contribution is 5.43. The molecule has 16 heavy (non-hydrogen) atoms. The first kappa shape index (κ1) is 11.3. The average Bonchev–Trinajstić information content (AvgIpc) is 2.28. The Labute approximate surface area is 97.0 Å². The summed E-state index contributed by atoms with van der Waals surface area (Å²) in [6.45, 7) is 6.62. The van der Waals surface area contributed by atoms with Crippen molar-refractivity contribution in [1.82, 2.24) is 4.90 Å². The van der Waals surface area contributed by atoms with Gasteiger partial charge in [-0.2, -0.15) is 0 Å². The lowest BCUT2D eigenvalue weighted by atomic mass is 10.1. The third kappa shape index (κ3) is 2.47. The third-order valence-corrected chi connectivity index (χ3v) is 2.92. The molecule has 1 aromatic carbocycles. The lowest BCUT2D eigenvalue weighted by Crippen LogP contribution is -2.25. The van der Waals surface area contributed by atoms with E-state index in [4.69, 9.17) is 9.47 Å². The fraction of sp³-hybridized carbons (Fsp3) is 0.538. The van der Waals surface area contributed by atoms with Gasteiger partial charge in [-0.05, 0) is 38.6 Å². The van der Waals surface area contributed by atoms with Gasteiger partial charge in [0.2, 0.25) is 0 Å². The van der Waals surface area contributed by atoms with Crippen molar-refractivity contribution in [3.05, 3.63) is 23.8 Å². The maximum absolute atomic E-state index is 5.56. The van der Waals surface area contributed by atoms with E-state index in [0.29, 0.717) is 19.3 Å². The zero-order chi connectivity index (χ0) is 11.5. The predicted octanol–water partition coefficient (Wildman–Crippen LogP) is 2.30. The Bertz CT molecular complexity index is 363. The molecule has 0 amide bonds. The van der Waals surface area contributed by atoms with E-state index in [-0.39, 0.29) is 0 Å². The minimum Gasteiger partial charge on any atom is -0.486 e. The third-order valence-electron chi connectivity index (χ3n) is 2.92. The molecule has 0 spiro atoms. The summed E-state index contributed by atoms with van der Waals surface area (Å²) in [6, 6.07) is 6.73. The maximum Gasteiger partial charge on any atom is 0.161 e. The SMILES string of the molecule is CC(C)N(C)Cc1ccc2c(c1)OCCO2. The topological polar surface area (TPSA) is 21.7 Å². The molecule has 0 aliphatic carbocycles. The Morgan fingerprint density at radius 2 is 1.88 bits per heavy atom. The Morgan fingerprint density at radius 1 is 1.19 bits per heavy atom. The summed E-state index contributed by atoms with van der Waals surface area (Å²) in [5.74, 6) is 1.74. The molecule has 0 saturated carbocycles. The number of hydrogen-bond donors (Lipinski definition) is 0. The number of ether oxygens (including phenoxy) is 2. The van der Waals surface area contributed by atoms with Crippen LogP contribution in [0.2, 0.25) is 0 Å². The van der Waals surface area contributed by atoms with Gasteiger partial charge in [0.05, 0.1) is 0 Å². The Balaban J connectivity index is 2.11. The van der Waals surface area contributed by atoms with Crippen LogP contribution in [-0.4, -0.2) is 31.2 Å². The predicted molar refractivity (Wildman–Crippen MR) is 64.0 cm³/mol. The van der Waals surface area contributed by atoms with Gasteiger partial charge in [-0.1, -0.05) is 6.07 Å². The summed E-state index contributed by atoms with van der Waals surface area (Å²) in [7, 11) is 2.13. The van der Waals surface area contributed by atoms with Crippen molar-refractivity contribution in [3.63, 3.8) is 0 Å². The fourth-order valence-electron chi connectivity index (χ4n) is 1.66. The summed E-state index contributed by atoms with van der Waals surface area (Å²) >= 11 is 0. The van der Waals surface area contributed by atoms with Crippen LogP contribution in [0, 0.1) is 0 Å². The van der Waals surface area contributed by atoms with E-state index in [0.717, 1.165) is 18.0 Å². The molecule has 0 unspecified atom stereocenters. The van der Waals surface area contributed by atoms with E-state index < -0.39 is 0 Å². The van der Waals surface area contributed by atoms with Gasteiger partial charge < -0.3 is 9.47 Å². The van der Waals surface area contributed by atoms with Gasteiger partial charge in [0.1, 0.15) is 13.2 Å². The summed E-state index contributed by atoms with van der Waals surface area (Å²) in [4.78, 5) is 2.30. The second-order valence-electron chi connectivity index (χ2n) is 4.49. The van der Waals surface area contributed by atoms with E-state index >= 15 is 0 Å². The minimum absolute atomic E-state index is 0.549. The Kier molecular flexibility index (Phi) is 3.34. The van der Waals surface area contributed by atoms with E-state index in [1.807, 2.05) is 6.07 Å². The molecule has 0 radical (unpaired) electrons. The molecule has 88 valence electrons. The van der Waals surface area contributed by atoms with Crippen molar-refractivity contribution in [2.75, 3.05) is 20.3 Å². The molecule has 1 aliphatic heterocycles.